The lowest BCUT2D eigenvalue weighted by Crippen LogP contribution is -2.42. The van der Waals surface area contributed by atoms with Crippen LogP contribution in [0.1, 0.15) is 18.4 Å². The SMILES string of the molecule is O=C([C@@H]1CCCN1)N1CCc2c(-c3ccccc3)cccc21. The highest BCUT2D eigenvalue weighted by atomic mass is 16.2. The average molecular weight is 292 g/mol. The van der Waals surface area contributed by atoms with Crippen LogP contribution in [0.4, 0.5) is 5.69 Å². The van der Waals surface area contributed by atoms with E-state index in [-0.39, 0.29) is 11.9 Å². The maximum atomic E-state index is 12.7. The molecule has 0 bridgehead atoms. The van der Waals surface area contributed by atoms with Gasteiger partial charge in [-0.1, -0.05) is 42.5 Å². The third kappa shape index (κ3) is 2.22. The second-order valence-corrected chi connectivity index (χ2v) is 6.06. The molecule has 1 atom stereocenters. The Balaban J connectivity index is 1.70. The zero-order valence-corrected chi connectivity index (χ0v) is 12.6. The van der Waals surface area contributed by atoms with E-state index in [4.69, 9.17) is 0 Å². The number of amides is 1. The summed E-state index contributed by atoms with van der Waals surface area (Å²) in [7, 11) is 0. The van der Waals surface area contributed by atoms with Gasteiger partial charge in [0.2, 0.25) is 5.91 Å². The Bertz CT molecular complexity index is 690. The summed E-state index contributed by atoms with van der Waals surface area (Å²) in [5.41, 5.74) is 4.89. The second-order valence-electron chi connectivity index (χ2n) is 6.06. The van der Waals surface area contributed by atoms with Gasteiger partial charge in [0.05, 0.1) is 6.04 Å². The normalized spacial score (nSPS) is 20.2. The average Bonchev–Trinajstić information content (AvgIpc) is 3.24. The minimum atomic E-state index is 0.00586. The van der Waals surface area contributed by atoms with E-state index in [1.807, 2.05) is 11.0 Å². The number of nitrogens with zero attached hydrogens (tertiary/aromatic N) is 1. The quantitative estimate of drug-likeness (QED) is 0.923. The number of carbonyl (C=O) groups excluding carboxylic acids is 1. The molecule has 4 rings (SSSR count). The topological polar surface area (TPSA) is 32.3 Å². The summed E-state index contributed by atoms with van der Waals surface area (Å²) in [4.78, 5) is 14.7. The van der Waals surface area contributed by atoms with Crippen molar-refractivity contribution in [1.29, 1.82) is 0 Å². The summed E-state index contributed by atoms with van der Waals surface area (Å²) in [5.74, 6) is 0.237. The minimum absolute atomic E-state index is 0.00586. The summed E-state index contributed by atoms with van der Waals surface area (Å²) >= 11 is 0. The van der Waals surface area contributed by atoms with Gasteiger partial charge >= 0.3 is 0 Å². The molecule has 1 N–H and O–H groups in total. The van der Waals surface area contributed by atoms with Gasteiger partial charge in [-0.2, -0.15) is 0 Å². The van der Waals surface area contributed by atoms with E-state index >= 15 is 0 Å². The fourth-order valence-electron chi connectivity index (χ4n) is 3.63. The van der Waals surface area contributed by atoms with Crippen LogP contribution in [0.5, 0.6) is 0 Å². The van der Waals surface area contributed by atoms with Crippen LogP contribution in [0.3, 0.4) is 0 Å². The van der Waals surface area contributed by atoms with Gasteiger partial charge in [0, 0.05) is 12.2 Å². The number of benzene rings is 2. The molecule has 2 aliphatic rings. The first-order valence-corrected chi connectivity index (χ1v) is 8.06. The summed E-state index contributed by atoms with van der Waals surface area (Å²) in [5, 5.41) is 3.32. The second kappa shape index (κ2) is 5.58. The largest absolute Gasteiger partial charge is 0.310 e. The molecule has 0 aromatic heterocycles. The first kappa shape index (κ1) is 13.5. The molecule has 0 aliphatic carbocycles. The molecule has 0 saturated carbocycles. The molecule has 2 aliphatic heterocycles. The van der Waals surface area contributed by atoms with Gasteiger partial charge in [-0.15, -0.1) is 0 Å². The Hall–Kier alpha value is -2.13. The fourth-order valence-corrected chi connectivity index (χ4v) is 3.63. The Morgan fingerprint density at radius 3 is 2.73 bits per heavy atom. The first-order chi connectivity index (χ1) is 10.8. The third-order valence-electron chi connectivity index (χ3n) is 4.74. The summed E-state index contributed by atoms with van der Waals surface area (Å²) < 4.78 is 0. The van der Waals surface area contributed by atoms with Crippen LogP contribution in [-0.4, -0.2) is 25.0 Å². The van der Waals surface area contributed by atoms with E-state index in [0.29, 0.717) is 0 Å². The van der Waals surface area contributed by atoms with Crippen molar-refractivity contribution in [3.63, 3.8) is 0 Å². The first-order valence-electron chi connectivity index (χ1n) is 8.06. The van der Waals surface area contributed by atoms with Gasteiger partial charge < -0.3 is 10.2 Å². The van der Waals surface area contributed by atoms with Gasteiger partial charge in [-0.05, 0) is 48.6 Å². The number of hydrogen-bond acceptors (Lipinski definition) is 2. The maximum Gasteiger partial charge on any atom is 0.244 e. The van der Waals surface area contributed by atoms with E-state index in [0.717, 1.165) is 38.0 Å². The molecule has 2 aromatic rings. The van der Waals surface area contributed by atoms with Gasteiger partial charge in [-0.25, -0.2) is 0 Å². The molecule has 1 fully saturated rings. The summed E-state index contributed by atoms with van der Waals surface area (Å²) in [6, 6.07) is 16.8. The fraction of sp³-hybridized carbons (Fsp3) is 0.316. The molecule has 2 heterocycles. The van der Waals surface area contributed by atoms with Crippen LogP contribution in [0.15, 0.2) is 48.5 Å². The highest BCUT2D eigenvalue weighted by molar-refractivity contribution is 6.00. The van der Waals surface area contributed by atoms with Gasteiger partial charge in [0.1, 0.15) is 0 Å². The molecule has 0 radical (unpaired) electrons. The molecule has 0 spiro atoms. The lowest BCUT2D eigenvalue weighted by Gasteiger charge is -2.21. The number of rotatable bonds is 2. The molecule has 1 amide bonds. The molecular weight excluding hydrogens is 272 g/mol. The van der Waals surface area contributed by atoms with Gasteiger partial charge in [0.25, 0.3) is 0 Å². The number of carbonyl (C=O) groups is 1. The molecule has 3 nitrogen and oxygen atoms in total. The van der Waals surface area contributed by atoms with Crippen LogP contribution in [-0.2, 0) is 11.2 Å². The van der Waals surface area contributed by atoms with Crippen molar-refractivity contribution in [1.82, 2.24) is 5.32 Å². The number of anilines is 1. The summed E-state index contributed by atoms with van der Waals surface area (Å²) in [6.45, 7) is 1.76. The van der Waals surface area contributed by atoms with Crippen molar-refractivity contribution >= 4 is 11.6 Å². The standard InChI is InChI=1S/C19H20N2O/c22-19(17-9-5-12-20-17)21-13-11-16-15(8-4-10-18(16)21)14-6-2-1-3-7-14/h1-4,6-8,10,17,20H,5,9,11-13H2/t17-/m0/s1. The third-order valence-corrected chi connectivity index (χ3v) is 4.74. The highest BCUT2D eigenvalue weighted by Gasteiger charge is 2.32. The molecule has 3 heteroatoms. The van der Waals surface area contributed by atoms with Crippen LogP contribution >= 0.6 is 0 Å². The zero-order valence-electron chi connectivity index (χ0n) is 12.6. The number of hydrogen-bond donors (Lipinski definition) is 1. The van der Waals surface area contributed by atoms with E-state index in [1.165, 1.54) is 16.7 Å². The van der Waals surface area contributed by atoms with Crippen LogP contribution in [0.2, 0.25) is 0 Å². The Morgan fingerprint density at radius 1 is 1.09 bits per heavy atom. The van der Waals surface area contributed by atoms with Gasteiger partial charge in [-0.3, -0.25) is 4.79 Å². The van der Waals surface area contributed by atoms with Crippen LogP contribution < -0.4 is 10.2 Å². The maximum absolute atomic E-state index is 12.7. The van der Waals surface area contributed by atoms with Crippen molar-refractivity contribution in [2.24, 2.45) is 0 Å². The van der Waals surface area contributed by atoms with Crippen molar-refractivity contribution in [3.05, 3.63) is 54.1 Å². The predicted molar refractivity (Wildman–Crippen MR) is 89.0 cm³/mol. The zero-order chi connectivity index (χ0) is 14.9. The minimum Gasteiger partial charge on any atom is -0.310 e. The molecule has 112 valence electrons. The highest BCUT2D eigenvalue weighted by Crippen LogP contribution is 2.36. The van der Waals surface area contributed by atoms with E-state index < -0.39 is 0 Å². The Kier molecular flexibility index (Phi) is 3.43. The Morgan fingerprint density at radius 2 is 1.95 bits per heavy atom. The monoisotopic (exact) mass is 292 g/mol. The van der Waals surface area contributed by atoms with E-state index in [1.54, 1.807) is 0 Å². The number of fused-ring (bicyclic) bond motifs is 1. The lowest BCUT2D eigenvalue weighted by atomic mass is 9.98. The smallest absolute Gasteiger partial charge is 0.244 e. The number of nitrogens with one attached hydrogen (secondary N) is 1. The Labute approximate surface area is 131 Å². The van der Waals surface area contributed by atoms with Crippen molar-refractivity contribution in [2.45, 2.75) is 25.3 Å². The van der Waals surface area contributed by atoms with Crippen LogP contribution in [0, 0.1) is 0 Å². The lowest BCUT2D eigenvalue weighted by molar-refractivity contribution is -0.120. The van der Waals surface area contributed by atoms with Crippen molar-refractivity contribution in [2.75, 3.05) is 18.0 Å². The predicted octanol–water partition coefficient (Wildman–Crippen LogP) is 2.99. The van der Waals surface area contributed by atoms with E-state index in [2.05, 4.69) is 47.8 Å². The van der Waals surface area contributed by atoms with Crippen LogP contribution in [0.25, 0.3) is 11.1 Å². The molecule has 0 unspecified atom stereocenters. The van der Waals surface area contributed by atoms with Crippen molar-refractivity contribution in [3.8, 4) is 11.1 Å². The van der Waals surface area contributed by atoms with Gasteiger partial charge in [0.15, 0.2) is 0 Å². The van der Waals surface area contributed by atoms with E-state index in [9.17, 15) is 4.79 Å². The molecular formula is C19H20N2O. The molecule has 1 saturated heterocycles. The summed E-state index contributed by atoms with van der Waals surface area (Å²) in [6.07, 6.45) is 3.00. The molecule has 2 aromatic carbocycles. The van der Waals surface area contributed by atoms with Crippen molar-refractivity contribution < 1.29 is 4.79 Å². The molecule has 22 heavy (non-hydrogen) atoms.